The predicted molar refractivity (Wildman–Crippen MR) is 36.7 cm³/mol. The smallest absolute Gasteiger partial charge is 0.358 e. The fourth-order valence-corrected chi connectivity index (χ4v) is 0.739. The second-order valence-corrected chi connectivity index (χ2v) is 2.08. The zero-order chi connectivity index (χ0) is 9.30. The van der Waals surface area contributed by atoms with E-state index < -0.39 is 23.3 Å². The third kappa shape index (κ3) is 1.26. The van der Waals surface area contributed by atoms with E-state index in [1.54, 1.807) is 0 Å². The number of aryl methyl sites for hydroxylation is 1. The van der Waals surface area contributed by atoms with E-state index >= 15 is 0 Å². The van der Waals surface area contributed by atoms with Gasteiger partial charge in [0.25, 0.3) is 5.91 Å². The van der Waals surface area contributed by atoms with Crippen LogP contribution >= 0.6 is 0 Å². The van der Waals surface area contributed by atoms with E-state index in [9.17, 15) is 9.59 Å². The summed E-state index contributed by atoms with van der Waals surface area (Å²) in [4.78, 5) is 24.4. The summed E-state index contributed by atoms with van der Waals surface area (Å²) in [5.74, 6) is -2.59. The van der Waals surface area contributed by atoms with Gasteiger partial charge in [-0.3, -0.25) is 4.79 Å². The van der Waals surface area contributed by atoms with Crippen molar-refractivity contribution in [1.82, 2.24) is 4.98 Å². The monoisotopic (exact) mass is 170 g/mol. The summed E-state index contributed by atoms with van der Waals surface area (Å²) in [5.41, 5.74) is 4.39. The van der Waals surface area contributed by atoms with Crippen LogP contribution < -0.4 is 5.73 Å². The molecule has 0 bridgehead atoms. The summed E-state index contributed by atoms with van der Waals surface area (Å²) < 4.78 is 4.67. The predicted octanol–water partition coefficient (Wildman–Crippen LogP) is -0.220. The quantitative estimate of drug-likeness (QED) is 0.638. The number of amides is 1. The van der Waals surface area contributed by atoms with Gasteiger partial charge in [0, 0.05) is 6.92 Å². The third-order valence-corrected chi connectivity index (χ3v) is 1.16. The van der Waals surface area contributed by atoms with Crippen LogP contribution in [0.15, 0.2) is 4.42 Å². The van der Waals surface area contributed by atoms with E-state index in [4.69, 9.17) is 10.8 Å². The molecular formula is C6H6N2O4. The average Bonchev–Trinajstić information content (AvgIpc) is 2.31. The second-order valence-electron chi connectivity index (χ2n) is 2.08. The molecule has 0 saturated carbocycles. The second kappa shape index (κ2) is 2.65. The van der Waals surface area contributed by atoms with Crippen LogP contribution in [0.2, 0.25) is 0 Å². The number of nitrogens with zero attached hydrogens (tertiary/aromatic N) is 1. The lowest BCUT2D eigenvalue weighted by Gasteiger charge is -1.87. The van der Waals surface area contributed by atoms with E-state index in [0.29, 0.717) is 0 Å². The van der Waals surface area contributed by atoms with Crippen molar-refractivity contribution in [2.24, 2.45) is 5.73 Å². The van der Waals surface area contributed by atoms with Crippen molar-refractivity contribution in [2.75, 3.05) is 0 Å². The van der Waals surface area contributed by atoms with Gasteiger partial charge in [-0.1, -0.05) is 0 Å². The Labute approximate surface area is 67.0 Å². The number of rotatable bonds is 2. The molecular weight excluding hydrogens is 164 g/mol. The molecule has 0 spiro atoms. The first-order valence-corrected chi connectivity index (χ1v) is 3.03. The molecule has 0 saturated heterocycles. The van der Waals surface area contributed by atoms with Gasteiger partial charge in [-0.15, -0.1) is 0 Å². The van der Waals surface area contributed by atoms with Gasteiger partial charge in [0.15, 0.2) is 11.6 Å². The largest absolute Gasteiger partial charge is 0.476 e. The molecule has 1 amide bonds. The molecule has 12 heavy (non-hydrogen) atoms. The first-order chi connectivity index (χ1) is 5.52. The van der Waals surface area contributed by atoms with Crippen LogP contribution in [0.1, 0.15) is 26.9 Å². The van der Waals surface area contributed by atoms with Crippen molar-refractivity contribution in [1.29, 1.82) is 0 Å². The average molecular weight is 170 g/mol. The fourth-order valence-electron chi connectivity index (χ4n) is 0.739. The summed E-state index contributed by atoms with van der Waals surface area (Å²) in [6.45, 7) is 1.43. The zero-order valence-corrected chi connectivity index (χ0v) is 6.20. The molecule has 0 aliphatic rings. The highest BCUT2D eigenvalue weighted by Gasteiger charge is 2.21. The van der Waals surface area contributed by atoms with Crippen LogP contribution in [0, 0.1) is 6.92 Å². The van der Waals surface area contributed by atoms with Gasteiger partial charge in [-0.2, -0.15) is 0 Å². The summed E-state index contributed by atoms with van der Waals surface area (Å²) in [7, 11) is 0. The highest BCUT2D eigenvalue weighted by molar-refractivity contribution is 6.00. The maximum atomic E-state index is 10.6. The maximum absolute atomic E-state index is 10.6. The third-order valence-electron chi connectivity index (χ3n) is 1.16. The van der Waals surface area contributed by atoms with Gasteiger partial charge in [-0.05, 0) is 0 Å². The van der Waals surface area contributed by atoms with Crippen molar-refractivity contribution >= 4 is 11.9 Å². The molecule has 64 valence electrons. The first-order valence-electron chi connectivity index (χ1n) is 3.03. The lowest BCUT2D eigenvalue weighted by Crippen LogP contribution is -2.14. The number of primary amides is 1. The van der Waals surface area contributed by atoms with Crippen LogP contribution in [0.3, 0.4) is 0 Å². The lowest BCUT2D eigenvalue weighted by molar-refractivity contribution is 0.0684. The number of hydrogen-bond acceptors (Lipinski definition) is 4. The van der Waals surface area contributed by atoms with Crippen LogP contribution in [0.4, 0.5) is 0 Å². The van der Waals surface area contributed by atoms with Gasteiger partial charge in [0.05, 0.1) is 0 Å². The van der Waals surface area contributed by atoms with Crippen LogP contribution in [-0.2, 0) is 0 Å². The van der Waals surface area contributed by atoms with Crippen molar-refractivity contribution in [3.63, 3.8) is 0 Å². The topological polar surface area (TPSA) is 106 Å². The molecule has 6 nitrogen and oxygen atoms in total. The first kappa shape index (κ1) is 8.25. The maximum Gasteiger partial charge on any atom is 0.358 e. The number of nitrogens with two attached hydrogens (primary N) is 1. The number of carbonyl (C=O) groups is 2. The zero-order valence-electron chi connectivity index (χ0n) is 6.20. The molecule has 1 heterocycles. The molecule has 0 atom stereocenters. The molecule has 0 unspecified atom stereocenters. The Bertz CT molecular complexity index is 310. The molecule has 1 rings (SSSR count). The number of carboxylic acids is 1. The molecule has 0 fully saturated rings. The molecule has 6 heteroatoms. The molecule has 0 aromatic carbocycles. The number of carbonyl (C=O) groups excluding carboxylic acids is 1. The van der Waals surface area contributed by atoms with Gasteiger partial charge >= 0.3 is 5.97 Å². The van der Waals surface area contributed by atoms with Crippen LogP contribution in [0.5, 0.6) is 0 Å². The van der Waals surface area contributed by atoms with E-state index in [1.807, 2.05) is 0 Å². The van der Waals surface area contributed by atoms with Crippen molar-refractivity contribution < 1.29 is 19.1 Å². The number of oxazole rings is 1. The molecule has 3 N–H and O–H groups in total. The van der Waals surface area contributed by atoms with E-state index in [1.165, 1.54) is 6.92 Å². The Morgan fingerprint density at radius 1 is 1.58 bits per heavy atom. The van der Waals surface area contributed by atoms with Crippen molar-refractivity contribution in [3.8, 4) is 0 Å². The minimum absolute atomic E-state index is 0.0983. The fraction of sp³-hybridized carbons (Fsp3) is 0.167. The van der Waals surface area contributed by atoms with E-state index in [2.05, 4.69) is 9.40 Å². The van der Waals surface area contributed by atoms with Crippen molar-refractivity contribution in [3.05, 3.63) is 17.3 Å². The SMILES string of the molecule is Cc1nc(C(=O)O)c(C(N)=O)o1. The van der Waals surface area contributed by atoms with Crippen LogP contribution in [0.25, 0.3) is 0 Å². The van der Waals surface area contributed by atoms with Gasteiger partial charge in [-0.25, -0.2) is 9.78 Å². The van der Waals surface area contributed by atoms with E-state index in [-0.39, 0.29) is 5.89 Å². The lowest BCUT2D eigenvalue weighted by atomic mass is 10.3. The highest BCUT2D eigenvalue weighted by atomic mass is 16.4. The van der Waals surface area contributed by atoms with Gasteiger partial charge in [0.1, 0.15) is 0 Å². The summed E-state index contributed by atoms with van der Waals surface area (Å²) in [6.07, 6.45) is 0. The molecule has 1 aromatic rings. The molecule has 1 aromatic heterocycles. The Balaban J connectivity index is 3.26. The Morgan fingerprint density at radius 3 is 2.50 bits per heavy atom. The molecule has 0 aliphatic carbocycles. The Morgan fingerprint density at radius 2 is 2.17 bits per heavy atom. The van der Waals surface area contributed by atoms with Crippen LogP contribution in [-0.4, -0.2) is 22.0 Å². The number of aromatic carboxylic acids is 1. The standard InChI is InChI=1S/C6H6N2O4/c1-2-8-3(6(10)11)4(12-2)5(7)9/h1H3,(H2,7,9)(H,10,11). The number of carboxylic acid groups (broad SMARTS) is 1. The van der Waals surface area contributed by atoms with Crippen molar-refractivity contribution in [2.45, 2.75) is 6.92 Å². The summed E-state index contributed by atoms with van der Waals surface area (Å²) in [6, 6.07) is 0. The Hall–Kier alpha value is -1.85. The van der Waals surface area contributed by atoms with Gasteiger partial charge < -0.3 is 15.3 Å². The molecule has 0 aliphatic heterocycles. The van der Waals surface area contributed by atoms with E-state index in [0.717, 1.165) is 0 Å². The summed E-state index contributed by atoms with van der Waals surface area (Å²) in [5, 5.41) is 8.50. The number of hydrogen-bond donors (Lipinski definition) is 2. The normalized spacial score (nSPS) is 9.75. The minimum atomic E-state index is -1.33. The molecule has 0 radical (unpaired) electrons. The minimum Gasteiger partial charge on any atom is -0.476 e. The van der Waals surface area contributed by atoms with Gasteiger partial charge in [0.2, 0.25) is 5.76 Å². The number of aromatic nitrogens is 1. The summed E-state index contributed by atoms with van der Waals surface area (Å²) >= 11 is 0. The highest BCUT2D eigenvalue weighted by Crippen LogP contribution is 2.09. The Kier molecular flexibility index (Phi) is 1.82.